The van der Waals surface area contributed by atoms with E-state index >= 15 is 0 Å². The molecular formula is C14H23N5. The second-order valence-electron chi connectivity index (χ2n) is 4.87. The minimum absolute atomic E-state index is 0.171. The zero-order chi connectivity index (χ0) is 13.8. The van der Waals surface area contributed by atoms with E-state index in [4.69, 9.17) is 0 Å². The third kappa shape index (κ3) is 3.04. The molecule has 2 aromatic rings. The van der Waals surface area contributed by atoms with Crippen LogP contribution in [-0.2, 0) is 13.6 Å². The molecule has 2 heterocycles. The average molecular weight is 261 g/mol. The largest absolute Gasteiger partial charge is 0.306 e. The average Bonchev–Trinajstić information content (AvgIpc) is 2.94. The molecule has 0 aliphatic rings. The molecule has 0 amide bonds. The van der Waals surface area contributed by atoms with Gasteiger partial charge in [0.05, 0.1) is 17.9 Å². The lowest BCUT2D eigenvalue weighted by atomic mass is 10.0. The van der Waals surface area contributed by atoms with Crippen LogP contribution >= 0.6 is 0 Å². The molecule has 0 radical (unpaired) electrons. The first-order chi connectivity index (χ1) is 9.15. The molecule has 0 saturated carbocycles. The van der Waals surface area contributed by atoms with Gasteiger partial charge in [0, 0.05) is 37.1 Å². The van der Waals surface area contributed by atoms with E-state index in [0.717, 1.165) is 25.2 Å². The van der Waals surface area contributed by atoms with Crippen LogP contribution in [-0.4, -0.2) is 26.1 Å². The number of hydrogen-bond acceptors (Lipinski definition) is 3. The van der Waals surface area contributed by atoms with Crippen molar-refractivity contribution >= 4 is 0 Å². The van der Waals surface area contributed by atoms with E-state index < -0.39 is 0 Å². The highest BCUT2D eigenvalue weighted by Crippen LogP contribution is 2.23. The third-order valence-electron chi connectivity index (χ3n) is 3.21. The molecule has 19 heavy (non-hydrogen) atoms. The molecule has 0 bridgehead atoms. The molecule has 2 aromatic heterocycles. The van der Waals surface area contributed by atoms with Crippen molar-refractivity contribution in [1.29, 1.82) is 0 Å². The van der Waals surface area contributed by atoms with E-state index in [-0.39, 0.29) is 6.04 Å². The maximum Gasteiger partial charge on any atom is 0.0644 e. The van der Waals surface area contributed by atoms with Crippen molar-refractivity contribution in [2.24, 2.45) is 7.05 Å². The Bertz CT molecular complexity index is 526. The van der Waals surface area contributed by atoms with E-state index in [1.165, 1.54) is 11.1 Å². The fraction of sp³-hybridized carbons (Fsp3) is 0.571. The maximum absolute atomic E-state index is 4.43. The van der Waals surface area contributed by atoms with Gasteiger partial charge in [0.25, 0.3) is 0 Å². The number of nitrogens with one attached hydrogen (secondary N) is 1. The fourth-order valence-corrected chi connectivity index (χ4v) is 2.39. The first kappa shape index (κ1) is 13.8. The lowest BCUT2D eigenvalue weighted by Gasteiger charge is -2.15. The van der Waals surface area contributed by atoms with E-state index in [0.29, 0.717) is 0 Å². The summed E-state index contributed by atoms with van der Waals surface area (Å²) in [6, 6.07) is 0.171. The summed E-state index contributed by atoms with van der Waals surface area (Å²) in [6.45, 7) is 8.21. The summed E-state index contributed by atoms with van der Waals surface area (Å²) >= 11 is 0. The van der Waals surface area contributed by atoms with Crippen LogP contribution in [0, 0.1) is 6.92 Å². The van der Waals surface area contributed by atoms with Crippen LogP contribution in [0.2, 0.25) is 0 Å². The first-order valence-electron chi connectivity index (χ1n) is 6.91. The zero-order valence-corrected chi connectivity index (χ0v) is 12.2. The van der Waals surface area contributed by atoms with Crippen molar-refractivity contribution in [3.05, 3.63) is 35.4 Å². The highest BCUT2D eigenvalue weighted by Gasteiger charge is 2.19. The molecule has 0 fully saturated rings. The summed E-state index contributed by atoms with van der Waals surface area (Å²) in [4.78, 5) is 0. The Morgan fingerprint density at radius 3 is 2.68 bits per heavy atom. The number of aromatic nitrogens is 4. The number of aryl methyl sites for hydroxylation is 3. The van der Waals surface area contributed by atoms with Gasteiger partial charge in [-0.1, -0.05) is 13.8 Å². The standard InChI is InChI=1S/C14H23N5/c1-5-7-19-9-12(8-16-19)14(15-6-2)13-10-18(4)17-11(13)3/h8-10,14-15H,5-7H2,1-4H3. The Morgan fingerprint density at radius 1 is 1.32 bits per heavy atom. The van der Waals surface area contributed by atoms with Crippen LogP contribution in [0.15, 0.2) is 18.6 Å². The third-order valence-corrected chi connectivity index (χ3v) is 3.21. The topological polar surface area (TPSA) is 47.7 Å². The Hall–Kier alpha value is -1.62. The van der Waals surface area contributed by atoms with Gasteiger partial charge in [0.15, 0.2) is 0 Å². The number of hydrogen-bond donors (Lipinski definition) is 1. The molecule has 0 aliphatic heterocycles. The molecule has 0 spiro atoms. The van der Waals surface area contributed by atoms with Crippen LogP contribution < -0.4 is 5.32 Å². The Labute approximate surface area is 114 Å². The molecule has 1 atom stereocenters. The molecule has 0 aliphatic carbocycles. The summed E-state index contributed by atoms with van der Waals surface area (Å²) < 4.78 is 3.87. The van der Waals surface area contributed by atoms with Gasteiger partial charge in [-0.2, -0.15) is 10.2 Å². The van der Waals surface area contributed by atoms with Crippen LogP contribution in [0.1, 0.15) is 43.1 Å². The van der Waals surface area contributed by atoms with E-state index in [1.807, 2.05) is 22.6 Å². The Kier molecular flexibility index (Phi) is 4.37. The minimum atomic E-state index is 0.171. The van der Waals surface area contributed by atoms with Gasteiger partial charge in [-0.3, -0.25) is 9.36 Å². The SMILES string of the molecule is CCCn1cc(C(NCC)c2cn(C)nc2C)cn1. The molecule has 104 valence electrons. The number of rotatable bonds is 6. The van der Waals surface area contributed by atoms with Crippen molar-refractivity contribution in [1.82, 2.24) is 24.9 Å². The van der Waals surface area contributed by atoms with Gasteiger partial charge < -0.3 is 5.32 Å². The number of nitrogens with zero attached hydrogens (tertiary/aromatic N) is 4. The van der Waals surface area contributed by atoms with Gasteiger partial charge in [-0.25, -0.2) is 0 Å². The molecule has 5 nitrogen and oxygen atoms in total. The minimum Gasteiger partial charge on any atom is -0.306 e. The van der Waals surface area contributed by atoms with Crippen LogP contribution in [0.25, 0.3) is 0 Å². The predicted molar refractivity (Wildman–Crippen MR) is 76.0 cm³/mol. The van der Waals surface area contributed by atoms with Crippen LogP contribution in [0.5, 0.6) is 0 Å². The van der Waals surface area contributed by atoms with Gasteiger partial charge in [0.2, 0.25) is 0 Å². The lowest BCUT2D eigenvalue weighted by Crippen LogP contribution is -2.22. The molecule has 0 aromatic carbocycles. The Balaban J connectivity index is 2.30. The van der Waals surface area contributed by atoms with E-state index in [1.54, 1.807) is 0 Å². The highest BCUT2D eigenvalue weighted by atomic mass is 15.3. The molecule has 5 heteroatoms. The Morgan fingerprint density at radius 2 is 2.11 bits per heavy atom. The van der Waals surface area contributed by atoms with Crippen molar-refractivity contribution in [3.63, 3.8) is 0 Å². The second-order valence-corrected chi connectivity index (χ2v) is 4.87. The zero-order valence-electron chi connectivity index (χ0n) is 12.2. The normalized spacial score (nSPS) is 12.8. The smallest absolute Gasteiger partial charge is 0.0644 e. The summed E-state index contributed by atoms with van der Waals surface area (Å²) in [5.41, 5.74) is 3.49. The first-order valence-corrected chi connectivity index (χ1v) is 6.91. The van der Waals surface area contributed by atoms with Gasteiger partial charge in [-0.15, -0.1) is 0 Å². The van der Waals surface area contributed by atoms with Crippen molar-refractivity contribution in [2.45, 2.75) is 39.8 Å². The van der Waals surface area contributed by atoms with Gasteiger partial charge in [0.1, 0.15) is 0 Å². The summed E-state index contributed by atoms with van der Waals surface area (Å²) in [6.07, 6.45) is 7.26. The summed E-state index contributed by atoms with van der Waals surface area (Å²) in [7, 11) is 1.96. The molecule has 0 saturated heterocycles. The molecular weight excluding hydrogens is 238 g/mol. The summed E-state index contributed by atoms with van der Waals surface area (Å²) in [5, 5.41) is 12.4. The monoisotopic (exact) mass is 261 g/mol. The second kappa shape index (κ2) is 6.02. The van der Waals surface area contributed by atoms with E-state index in [9.17, 15) is 0 Å². The van der Waals surface area contributed by atoms with Crippen LogP contribution in [0.3, 0.4) is 0 Å². The summed E-state index contributed by atoms with van der Waals surface area (Å²) in [5.74, 6) is 0. The molecule has 2 rings (SSSR count). The van der Waals surface area contributed by atoms with Crippen molar-refractivity contribution in [2.75, 3.05) is 6.54 Å². The van der Waals surface area contributed by atoms with Crippen molar-refractivity contribution < 1.29 is 0 Å². The van der Waals surface area contributed by atoms with E-state index in [2.05, 4.69) is 48.7 Å². The molecule has 1 unspecified atom stereocenters. The lowest BCUT2D eigenvalue weighted by molar-refractivity contribution is 0.597. The highest BCUT2D eigenvalue weighted by molar-refractivity contribution is 5.30. The maximum atomic E-state index is 4.43. The predicted octanol–water partition coefficient (Wildman–Crippen LogP) is 2.03. The van der Waals surface area contributed by atoms with Gasteiger partial charge in [-0.05, 0) is 19.9 Å². The quantitative estimate of drug-likeness (QED) is 0.865. The van der Waals surface area contributed by atoms with Crippen LogP contribution in [0.4, 0.5) is 0 Å². The fourth-order valence-electron chi connectivity index (χ4n) is 2.39. The van der Waals surface area contributed by atoms with Gasteiger partial charge >= 0.3 is 0 Å². The molecule has 1 N–H and O–H groups in total. The van der Waals surface area contributed by atoms with Crippen molar-refractivity contribution in [3.8, 4) is 0 Å².